The molecule has 1 saturated carbocycles. The quantitative estimate of drug-likeness (QED) is 0.847. The van der Waals surface area contributed by atoms with Gasteiger partial charge in [-0.05, 0) is 45.7 Å². The Hall–Kier alpha value is -0.980. The van der Waals surface area contributed by atoms with Crippen LogP contribution in [0, 0.1) is 5.92 Å². The number of hydrogen-bond acceptors (Lipinski definition) is 5. The smallest absolute Gasteiger partial charge is 0.236 e. The molecule has 0 unspecified atom stereocenters. The van der Waals surface area contributed by atoms with Crippen molar-refractivity contribution in [2.75, 3.05) is 33.7 Å². The van der Waals surface area contributed by atoms with Crippen molar-refractivity contribution in [1.82, 2.24) is 14.8 Å². The van der Waals surface area contributed by atoms with Gasteiger partial charge in [-0.3, -0.25) is 4.79 Å². The van der Waals surface area contributed by atoms with Crippen LogP contribution in [0.15, 0.2) is 5.38 Å². The first-order valence-electron chi connectivity index (χ1n) is 8.63. The highest BCUT2D eigenvalue weighted by Gasteiger charge is 2.42. The first-order valence-corrected chi connectivity index (χ1v) is 9.51. The highest BCUT2D eigenvalue weighted by Crippen LogP contribution is 2.45. The summed E-state index contributed by atoms with van der Waals surface area (Å²) in [6.07, 6.45) is 5.05. The van der Waals surface area contributed by atoms with Crippen molar-refractivity contribution in [3.8, 4) is 0 Å². The van der Waals surface area contributed by atoms with Crippen molar-refractivity contribution in [3.63, 3.8) is 0 Å². The van der Waals surface area contributed by atoms with Crippen LogP contribution in [0.3, 0.4) is 0 Å². The fourth-order valence-corrected chi connectivity index (χ4v) is 4.65. The molecule has 6 heteroatoms. The van der Waals surface area contributed by atoms with Crippen LogP contribution >= 0.6 is 11.3 Å². The summed E-state index contributed by atoms with van der Waals surface area (Å²) in [5.41, 5.74) is 1.27. The third-order valence-electron chi connectivity index (χ3n) is 5.17. The van der Waals surface area contributed by atoms with Gasteiger partial charge in [0.1, 0.15) is 11.1 Å². The molecule has 2 saturated heterocycles. The van der Waals surface area contributed by atoms with Gasteiger partial charge in [0.2, 0.25) is 5.91 Å². The summed E-state index contributed by atoms with van der Waals surface area (Å²) in [5, 5.41) is 3.36. The number of ether oxygens (including phenoxy) is 1. The van der Waals surface area contributed by atoms with Gasteiger partial charge < -0.3 is 14.5 Å². The van der Waals surface area contributed by atoms with Crippen molar-refractivity contribution in [3.05, 3.63) is 16.1 Å². The van der Waals surface area contributed by atoms with E-state index in [1.54, 1.807) is 11.3 Å². The number of carbonyl (C=O) groups excluding carboxylic acids is 1. The molecule has 0 aromatic carbocycles. The van der Waals surface area contributed by atoms with Crippen molar-refractivity contribution in [2.24, 2.45) is 5.92 Å². The number of rotatable bonds is 4. The van der Waals surface area contributed by atoms with E-state index < -0.39 is 0 Å². The maximum Gasteiger partial charge on any atom is 0.236 e. The van der Waals surface area contributed by atoms with Crippen LogP contribution in [0.5, 0.6) is 0 Å². The molecule has 2 aliphatic heterocycles. The average Bonchev–Trinajstić information content (AvgIpc) is 3.10. The largest absolute Gasteiger partial charge is 0.366 e. The molecule has 3 heterocycles. The van der Waals surface area contributed by atoms with E-state index in [1.807, 2.05) is 23.9 Å². The van der Waals surface area contributed by atoms with Crippen molar-refractivity contribution in [1.29, 1.82) is 0 Å². The Bertz CT molecular complexity index is 584. The minimum atomic E-state index is 0.145. The summed E-state index contributed by atoms with van der Waals surface area (Å²) in [7, 11) is 3.87. The normalized spacial score (nSPS) is 30.7. The molecule has 0 bridgehead atoms. The number of nitrogens with zero attached hydrogens (tertiary/aromatic N) is 3. The lowest BCUT2D eigenvalue weighted by Gasteiger charge is -2.34. The Morgan fingerprint density at radius 2 is 2.26 bits per heavy atom. The van der Waals surface area contributed by atoms with Gasteiger partial charge in [0.05, 0.1) is 18.3 Å². The molecule has 5 nitrogen and oxygen atoms in total. The summed E-state index contributed by atoms with van der Waals surface area (Å²) in [6, 6.07) is 0. The predicted octanol–water partition coefficient (Wildman–Crippen LogP) is 2.26. The molecule has 1 amide bonds. The molecule has 1 aromatic rings. The number of aromatic nitrogens is 1. The van der Waals surface area contributed by atoms with Gasteiger partial charge in [-0.1, -0.05) is 0 Å². The lowest BCUT2D eigenvalue weighted by atomic mass is 9.92. The van der Waals surface area contributed by atoms with Gasteiger partial charge in [-0.2, -0.15) is 0 Å². The summed E-state index contributed by atoms with van der Waals surface area (Å²) in [6.45, 7) is 2.10. The second-order valence-corrected chi connectivity index (χ2v) is 8.30. The first kappa shape index (κ1) is 15.5. The molecule has 0 spiro atoms. The van der Waals surface area contributed by atoms with Gasteiger partial charge in [0, 0.05) is 24.4 Å². The van der Waals surface area contributed by atoms with Gasteiger partial charge >= 0.3 is 0 Å². The number of fused-ring (bicyclic) bond motifs is 1. The van der Waals surface area contributed by atoms with E-state index in [9.17, 15) is 4.79 Å². The van der Waals surface area contributed by atoms with Gasteiger partial charge in [-0.15, -0.1) is 11.3 Å². The Morgan fingerprint density at radius 1 is 1.43 bits per heavy atom. The molecule has 1 aromatic heterocycles. The summed E-state index contributed by atoms with van der Waals surface area (Å²) in [5.74, 6) is 1.50. The maximum absolute atomic E-state index is 12.3. The van der Waals surface area contributed by atoms with E-state index >= 15 is 0 Å². The second-order valence-electron chi connectivity index (χ2n) is 7.41. The third-order valence-corrected chi connectivity index (χ3v) is 6.12. The summed E-state index contributed by atoms with van der Waals surface area (Å²) >= 11 is 1.75. The van der Waals surface area contributed by atoms with Crippen molar-refractivity contribution >= 4 is 17.2 Å². The first-order chi connectivity index (χ1) is 11.1. The zero-order chi connectivity index (χ0) is 16.0. The van der Waals surface area contributed by atoms with E-state index in [0.29, 0.717) is 18.4 Å². The van der Waals surface area contributed by atoms with Crippen LogP contribution in [-0.2, 0) is 9.53 Å². The average molecular weight is 335 g/mol. The lowest BCUT2D eigenvalue weighted by Crippen LogP contribution is -2.47. The number of amides is 1. The summed E-state index contributed by atoms with van der Waals surface area (Å²) in [4.78, 5) is 21.0. The highest BCUT2D eigenvalue weighted by atomic mass is 32.1. The predicted molar refractivity (Wildman–Crippen MR) is 89.6 cm³/mol. The molecule has 126 valence electrons. The topological polar surface area (TPSA) is 45.7 Å². The number of likely N-dealkylation sites (tertiary alicyclic amines) is 1. The fourth-order valence-electron chi connectivity index (χ4n) is 3.70. The third kappa shape index (κ3) is 3.30. The Morgan fingerprint density at radius 3 is 3.00 bits per heavy atom. The lowest BCUT2D eigenvalue weighted by molar-refractivity contribution is -0.136. The van der Waals surface area contributed by atoms with Gasteiger partial charge in [0.25, 0.3) is 0 Å². The van der Waals surface area contributed by atoms with Gasteiger partial charge in [0.15, 0.2) is 0 Å². The van der Waals surface area contributed by atoms with Crippen LogP contribution in [0.1, 0.15) is 48.4 Å². The van der Waals surface area contributed by atoms with Crippen LogP contribution in [0.2, 0.25) is 0 Å². The standard InChI is InChI=1S/C17H25N3O2S/c1-19(2)9-16(21)20-6-5-12-7-14(22-15(12)8-20)17-18-13(10-23-17)11-3-4-11/h10-12,14-15H,3-9H2,1-2H3/t12-,14-,15+/m1/s1. The fraction of sp³-hybridized carbons (Fsp3) is 0.765. The number of hydrogen-bond donors (Lipinski definition) is 0. The number of likely N-dealkylation sites (N-methyl/N-ethyl adjacent to an activating group) is 1. The zero-order valence-electron chi connectivity index (χ0n) is 13.9. The molecule has 3 fully saturated rings. The number of piperidine rings is 1. The Labute approximate surface area is 141 Å². The molecule has 0 N–H and O–H groups in total. The minimum Gasteiger partial charge on any atom is -0.366 e. The molecule has 0 radical (unpaired) electrons. The van der Waals surface area contributed by atoms with E-state index in [-0.39, 0.29) is 18.1 Å². The maximum atomic E-state index is 12.3. The SMILES string of the molecule is CN(C)CC(=O)N1CC[C@@H]2C[C@H](c3nc(C4CC4)cs3)O[C@H]2C1. The summed E-state index contributed by atoms with van der Waals surface area (Å²) < 4.78 is 6.29. The second kappa shape index (κ2) is 6.15. The van der Waals surface area contributed by atoms with Gasteiger partial charge in [-0.25, -0.2) is 4.98 Å². The Balaban J connectivity index is 1.38. The molecule has 23 heavy (non-hydrogen) atoms. The van der Waals surface area contributed by atoms with Crippen LogP contribution in [-0.4, -0.2) is 60.5 Å². The monoisotopic (exact) mass is 335 g/mol. The molecule has 1 aliphatic carbocycles. The molecule has 4 rings (SSSR count). The van der Waals surface area contributed by atoms with Crippen LogP contribution in [0.4, 0.5) is 0 Å². The minimum absolute atomic E-state index is 0.145. The molecule has 3 aliphatic rings. The van der Waals surface area contributed by atoms with E-state index in [0.717, 1.165) is 30.9 Å². The van der Waals surface area contributed by atoms with E-state index in [1.165, 1.54) is 18.5 Å². The number of thiazole rings is 1. The van der Waals surface area contributed by atoms with E-state index in [2.05, 4.69) is 5.38 Å². The van der Waals surface area contributed by atoms with E-state index in [4.69, 9.17) is 9.72 Å². The van der Waals surface area contributed by atoms with Crippen LogP contribution < -0.4 is 0 Å². The highest BCUT2D eigenvalue weighted by molar-refractivity contribution is 7.09. The molecular weight excluding hydrogens is 310 g/mol. The molecular formula is C17H25N3O2S. The van der Waals surface area contributed by atoms with Crippen molar-refractivity contribution in [2.45, 2.75) is 43.8 Å². The zero-order valence-corrected chi connectivity index (χ0v) is 14.7. The number of carbonyl (C=O) groups is 1. The molecule has 3 atom stereocenters. The van der Waals surface area contributed by atoms with Crippen LogP contribution in [0.25, 0.3) is 0 Å². The van der Waals surface area contributed by atoms with Crippen molar-refractivity contribution < 1.29 is 9.53 Å². The Kier molecular flexibility index (Phi) is 4.15.